The third-order valence-electron chi connectivity index (χ3n) is 5.62. The molecule has 2 aromatic heterocycles. The number of hydrogen-bond acceptors (Lipinski definition) is 7. The number of benzene rings is 1. The first-order valence-electron chi connectivity index (χ1n) is 9.89. The van der Waals surface area contributed by atoms with Crippen LogP contribution in [0.25, 0.3) is 11.4 Å². The minimum absolute atomic E-state index is 0.112. The second-order valence-corrected chi connectivity index (χ2v) is 9.52. The molecule has 29 heavy (non-hydrogen) atoms. The molecule has 0 unspecified atom stereocenters. The SMILES string of the molecule is O=S(=O)(N[C@H]1CCC[C@@H](n2cnnc2)C1)c1ccc(-c2noc(C3CC3)n2)cc1. The highest BCUT2D eigenvalue weighted by Gasteiger charge is 2.30. The summed E-state index contributed by atoms with van der Waals surface area (Å²) in [5.74, 6) is 1.55. The minimum atomic E-state index is -3.60. The summed E-state index contributed by atoms with van der Waals surface area (Å²) in [7, 11) is -3.60. The largest absolute Gasteiger partial charge is 0.339 e. The maximum atomic E-state index is 12.9. The van der Waals surface area contributed by atoms with Gasteiger partial charge in [0.2, 0.25) is 21.7 Å². The summed E-state index contributed by atoms with van der Waals surface area (Å²) in [4.78, 5) is 4.64. The lowest BCUT2D eigenvalue weighted by Gasteiger charge is -2.30. The second-order valence-electron chi connectivity index (χ2n) is 7.80. The Labute approximate surface area is 168 Å². The maximum absolute atomic E-state index is 12.9. The zero-order chi connectivity index (χ0) is 19.8. The predicted octanol–water partition coefficient (Wildman–Crippen LogP) is 2.67. The van der Waals surface area contributed by atoms with Crippen LogP contribution in [-0.2, 0) is 10.0 Å². The van der Waals surface area contributed by atoms with Crippen molar-refractivity contribution in [1.82, 2.24) is 29.6 Å². The molecular weight excluding hydrogens is 392 g/mol. The first-order valence-corrected chi connectivity index (χ1v) is 11.4. The van der Waals surface area contributed by atoms with Gasteiger partial charge in [-0.2, -0.15) is 4.98 Å². The summed E-state index contributed by atoms with van der Waals surface area (Å²) < 4.78 is 35.8. The summed E-state index contributed by atoms with van der Waals surface area (Å²) >= 11 is 0. The summed E-state index contributed by atoms with van der Waals surface area (Å²) in [6.45, 7) is 0. The molecule has 5 rings (SSSR count). The van der Waals surface area contributed by atoms with Crippen molar-refractivity contribution in [3.8, 4) is 11.4 Å². The molecule has 2 fully saturated rings. The maximum Gasteiger partial charge on any atom is 0.240 e. The van der Waals surface area contributed by atoms with Crippen LogP contribution in [-0.4, -0.2) is 39.4 Å². The molecule has 2 saturated carbocycles. The summed E-state index contributed by atoms with van der Waals surface area (Å²) in [6.07, 6.45) is 9.05. The first-order chi connectivity index (χ1) is 14.1. The van der Waals surface area contributed by atoms with Gasteiger partial charge < -0.3 is 9.09 Å². The highest BCUT2D eigenvalue weighted by atomic mass is 32.2. The zero-order valence-electron chi connectivity index (χ0n) is 15.8. The molecule has 3 aromatic rings. The topological polar surface area (TPSA) is 116 Å². The Morgan fingerprint density at radius 1 is 1.03 bits per heavy atom. The molecule has 0 saturated heterocycles. The van der Waals surface area contributed by atoms with Crippen molar-refractivity contribution in [3.05, 3.63) is 42.8 Å². The fourth-order valence-corrected chi connectivity index (χ4v) is 5.14. The molecule has 1 N–H and O–H groups in total. The number of nitrogens with one attached hydrogen (secondary N) is 1. The quantitative estimate of drug-likeness (QED) is 0.659. The number of sulfonamides is 1. The average Bonchev–Trinajstić information content (AvgIpc) is 3.22. The van der Waals surface area contributed by atoms with Crippen molar-refractivity contribution in [2.75, 3.05) is 0 Å². The first kappa shape index (κ1) is 18.4. The summed E-state index contributed by atoms with van der Waals surface area (Å²) in [5.41, 5.74) is 0.741. The van der Waals surface area contributed by atoms with E-state index in [0.29, 0.717) is 17.6 Å². The van der Waals surface area contributed by atoms with Gasteiger partial charge in [-0.05, 0) is 62.8 Å². The van der Waals surface area contributed by atoms with Crippen molar-refractivity contribution >= 4 is 10.0 Å². The van der Waals surface area contributed by atoms with Crippen molar-refractivity contribution in [2.24, 2.45) is 0 Å². The number of nitrogens with zero attached hydrogens (tertiary/aromatic N) is 5. The summed E-state index contributed by atoms with van der Waals surface area (Å²) in [5, 5.41) is 11.7. The monoisotopic (exact) mass is 414 g/mol. The third-order valence-corrected chi connectivity index (χ3v) is 7.15. The van der Waals surface area contributed by atoms with E-state index in [1.165, 1.54) is 0 Å². The van der Waals surface area contributed by atoms with Crippen LogP contribution in [0.1, 0.15) is 56.4 Å². The molecule has 0 bridgehead atoms. The van der Waals surface area contributed by atoms with Crippen LogP contribution in [0, 0.1) is 0 Å². The normalized spacial score (nSPS) is 22.6. The van der Waals surface area contributed by atoms with E-state index in [4.69, 9.17) is 4.52 Å². The van der Waals surface area contributed by atoms with Crippen molar-refractivity contribution in [3.63, 3.8) is 0 Å². The standard InChI is InChI=1S/C19H22N6O3S/c26-29(27,24-15-2-1-3-16(10-15)25-11-20-21-12-25)17-8-6-13(7-9-17)18-22-19(28-23-18)14-4-5-14/h6-9,11-12,14-16,24H,1-5,10H2/t15-,16+/m0/s1. The Kier molecular flexibility index (Phi) is 4.67. The number of aromatic nitrogens is 5. The smallest absolute Gasteiger partial charge is 0.240 e. The fourth-order valence-electron chi connectivity index (χ4n) is 3.86. The lowest BCUT2D eigenvalue weighted by molar-refractivity contribution is 0.305. The van der Waals surface area contributed by atoms with E-state index >= 15 is 0 Å². The van der Waals surface area contributed by atoms with Gasteiger partial charge in [0.1, 0.15) is 12.7 Å². The zero-order valence-corrected chi connectivity index (χ0v) is 16.6. The molecule has 0 spiro atoms. The van der Waals surface area contributed by atoms with Gasteiger partial charge in [0.15, 0.2) is 0 Å². The molecule has 2 atom stereocenters. The van der Waals surface area contributed by atoms with Gasteiger partial charge in [-0.25, -0.2) is 13.1 Å². The van der Waals surface area contributed by atoms with Crippen LogP contribution in [0.4, 0.5) is 0 Å². The molecule has 10 heteroatoms. The van der Waals surface area contributed by atoms with E-state index in [9.17, 15) is 8.42 Å². The van der Waals surface area contributed by atoms with E-state index < -0.39 is 10.0 Å². The molecule has 2 heterocycles. The van der Waals surface area contributed by atoms with E-state index in [1.54, 1.807) is 36.9 Å². The van der Waals surface area contributed by atoms with Crippen molar-refractivity contribution in [1.29, 1.82) is 0 Å². The lowest BCUT2D eigenvalue weighted by atomic mass is 9.91. The van der Waals surface area contributed by atoms with Gasteiger partial charge >= 0.3 is 0 Å². The van der Waals surface area contributed by atoms with Crippen LogP contribution in [0.3, 0.4) is 0 Å². The van der Waals surface area contributed by atoms with Crippen LogP contribution >= 0.6 is 0 Å². The Bertz CT molecular complexity index is 1070. The molecule has 2 aliphatic carbocycles. The van der Waals surface area contributed by atoms with Crippen LogP contribution < -0.4 is 4.72 Å². The van der Waals surface area contributed by atoms with Gasteiger partial charge in [-0.15, -0.1) is 10.2 Å². The Morgan fingerprint density at radius 2 is 1.79 bits per heavy atom. The molecule has 1 aromatic carbocycles. The molecule has 2 aliphatic rings. The van der Waals surface area contributed by atoms with Crippen LogP contribution in [0.5, 0.6) is 0 Å². The van der Waals surface area contributed by atoms with E-state index in [1.807, 2.05) is 4.57 Å². The third kappa shape index (κ3) is 3.95. The molecular formula is C19H22N6O3S. The average molecular weight is 414 g/mol. The molecule has 152 valence electrons. The Balaban J connectivity index is 1.27. The van der Waals surface area contributed by atoms with E-state index in [0.717, 1.165) is 44.1 Å². The Morgan fingerprint density at radius 3 is 2.52 bits per heavy atom. The van der Waals surface area contributed by atoms with Gasteiger partial charge in [0, 0.05) is 23.6 Å². The second kappa shape index (κ2) is 7.34. The van der Waals surface area contributed by atoms with Gasteiger partial charge in [-0.3, -0.25) is 0 Å². The predicted molar refractivity (Wildman–Crippen MR) is 103 cm³/mol. The van der Waals surface area contributed by atoms with Crippen molar-refractivity contribution < 1.29 is 12.9 Å². The van der Waals surface area contributed by atoms with Gasteiger partial charge in [0.05, 0.1) is 4.90 Å². The van der Waals surface area contributed by atoms with Crippen LogP contribution in [0.2, 0.25) is 0 Å². The van der Waals surface area contributed by atoms with Gasteiger partial charge in [0.25, 0.3) is 0 Å². The number of hydrogen-bond donors (Lipinski definition) is 1. The van der Waals surface area contributed by atoms with Crippen molar-refractivity contribution in [2.45, 2.75) is 61.4 Å². The van der Waals surface area contributed by atoms with E-state index in [2.05, 4.69) is 25.1 Å². The molecule has 0 aliphatic heterocycles. The van der Waals surface area contributed by atoms with Crippen LogP contribution in [0.15, 0.2) is 46.3 Å². The lowest BCUT2D eigenvalue weighted by Crippen LogP contribution is -2.38. The molecule has 0 radical (unpaired) electrons. The van der Waals surface area contributed by atoms with Gasteiger partial charge in [-0.1, -0.05) is 5.16 Å². The fraction of sp³-hybridized carbons (Fsp3) is 0.474. The highest BCUT2D eigenvalue weighted by molar-refractivity contribution is 7.89. The minimum Gasteiger partial charge on any atom is -0.339 e. The summed E-state index contributed by atoms with van der Waals surface area (Å²) in [6, 6.07) is 6.72. The van der Waals surface area contributed by atoms with E-state index in [-0.39, 0.29) is 17.0 Å². The highest BCUT2D eigenvalue weighted by Crippen LogP contribution is 2.39. The Hall–Kier alpha value is -2.59. The number of rotatable bonds is 6. The molecule has 9 nitrogen and oxygen atoms in total. The molecule has 0 amide bonds.